The molecule has 0 aromatic carbocycles. The van der Waals surface area contributed by atoms with Crippen molar-refractivity contribution in [3.8, 4) is 0 Å². The molecule has 0 saturated heterocycles. The number of hydrogen-bond acceptors (Lipinski definition) is 2. The molecule has 0 aliphatic carbocycles. The van der Waals surface area contributed by atoms with Crippen LogP contribution < -0.4 is 33.7 Å². The molecular formula is C2H14AsNaO6. The van der Waals surface area contributed by atoms with Crippen LogP contribution in [0.2, 0.25) is 11.4 Å². The van der Waals surface area contributed by atoms with Crippen LogP contribution in [0.5, 0.6) is 0 Å². The zero-order chi connectivity index (χ0) is 4.50. The second-order valence-electron chi connectivity index (χ2n) is 1.25. The summed E-state index contributed by atoms with van der Waals surface area (Å²) in [6.07, 6.45) is 0. The standard InChI is InChI=1S/C2H7AsO2.Na.4H2O/c1-3(2,4)5;;;;;/h1-2H3,(H,4,5);;4*1H2/q;+1;;;;/p-1. The van der Waals surface area contributed by atoms with Gasteiger partial charge in [0.2, 0.25) is 0 Å². The zero-order valence-corrected chi connectivity index (χ0v) is 10.1. The molecule has 0 rings (SSSR count). The van der Waals surface area contributed by atoms with E-state index in [2.05, 4.69) is 0 Å². The van der Waals surface area contributed by atoms with Crippen molar-refractivity contribution in [1.82, 2.24) is 0 Å². The van der Waals surface area contributed by atoms with E-state index in [9.17, 15) is 7.84 Å². The van der Waals surface area contributed by atoms with Crippen molar-refractivity contribution in [2.24, 2.45) is 0 Å². The monoisotopic (exact) mass is 232 g/mol. The predicted molar refractivity (Wildman–Crippen MR) is 32.6 cm³/mol. The average Bonchev–Trinajstić information content (AvgIpc) is 0.722. The average molecular weight is 232 g/mol. The van der Waals surface area contributed by atoms with Gasteiger partial charge in [0.25, 0.3) is 0 Å². The van der Waals surface area contributed by atoms with E-state index in [0.29, 0.717) is 0 Å². The minimum absolute atomic E-state index is 0. The summed E-state index contributed by atoms with van der Waals surface area (Å²) >= 11 is -3.38. The molecule has 0 amide bonds. The molecule has 10 heavy (non-hydrogen) atoms. The summed E-state index contributed by atoms with van der Waals surface area (Å²) in [7, 11) is 0. The fourth-order valence-electron chi connectivity index (χ4n) is 0. The summed E-state index contributed by atoms with van der Waals surface area (Å²) in [5.41, 5.74) is 2.50. The third-order valence-corrected chi connectivity index (χ3v) is 0. The SMILES string of the molecule is C[As](C)(=O)[O-].O.O.O.O.[Na+]. The molecule has 0 unspecified atom stereocenters. The Balaban J connectivity index is -0.00000000800. The third kappa shape index (κ3) is 454. The first-order valence-corrected chi connectivity index (χ1v) is 6.54. The van der Waals surface area contributed by atoms with E-state index >= 15 is 0 Å². The van der Waals surface area contributed by atoms with Crippen LogP contribution in [0.1, 0.15) is 0 Å². The molecule has 8 heteroatoms. The van der Waals surface area contributed by atoms with Crippen LogP contribution in [-0.4, -0.2) is 35.7 Å². The summed E-state index contributed by atoms with van der Waals surface area (Å²) in [6.45, 7) is 0. The van der Waals surface area contributed by atoms with Gasteiger partial charge in [0.05, 0.1) is 0 Å². The Kier molecular flexibility index (Phi) is 72.0. The van der Waals surface area contributed by atoms with E-state index in [1.807, 2.05) is 0 Å². The molecule has 0 heterocycles. The molecule has 0 fully saturated rings. The molecule has 0 spiro atoms. The fraction of sp³-hybridized carbons (Fsp3) is 1.00. The van der Waals surface area contributed by atoms with Crippen LogP contribution in [0.3, 0.4) is 0 Å². The van der Waals surface area contributed by atoms with Crippen LogP contribution in [-0.2, 0) is 3.74 Å². The van der Waals surface area contributed by atoms with Crippen molar-refractivity contribution in [3.05, 3.63) is 0 Å². The van der Waals surface area contributed by atoms with Gasteiger partial charge in [-0.3, -0.25) is 0 Å². The Morgan fingerprint density at radius 3 is 1.00 bits per heavy atom. The maximum atomic E-state index is 9.72. The van der Waals surface area contributed by atoms with Gasteiger partial charge in [0, 0.05) is 0 Å². The van der Waals surface area contributed by atoms with Crippen molar-refractivity contribution < 1.29 is 59.3 Å². The third-order valence-electron chi connectivity index (χ3n) is 0. The molecular weight excluding hydrogens is 218 g/mol. The Morgan fingerprint density at radius 1 is 1.00 bits per heavy atom. The van der Waals surface area contributed by atoms with Gasteiger partial charge in [0.1, 0.15) is 0 Å². The van der Waals surface area contributed by atoms with Crippen LogP contribution in [0.4, 0.5) is 0 Å². The minimum atomic E-state index is -3.38. The van der Waals surface area contributed by atoms with E-state index in [-0.39, 0.29) is 51.5 Å². The fourth-order valence-corrected chi connectivity index (χ4v) is 0. The maximum absolute atomic E-state index is 9.72. The molecule has 0 aliphatic rings. The first-order chi connectivity index (χ1) is 2.00. The van der Waals surface area contributed by atoms with Gasteiger partial charge in [-0.05, 0) is 0 Å². The van der Waals surface area contributed by atoms with Crippen molar-refractivity contribution in [3.63, 3.8) is 0 Å². The quantitative estimate of drug-likeness (QED) is 0.379. The van der Waals surface area contributed by atoms with Gasteiger partial charge in [-0.1, -0.05) is 0 Å². The summed E-state index contributed by atoms with van der Waals surface area (Å²) in [4.78, 5) is 0. The minimum Gasteiger partial charge on any atom is -0.412 e. The summed E-state index contributed by atoms with van der Waals surface area (Å²) in [5.74, 6) is 0. The smallest absolute Gasteiger partial charge is 0.412 e. The normalized spacial score (nSPS) is 5.90. The Bertz CT molecular complexity index is 61.9. The van der Waals surface area contributed by atoms with Crippen LogP contribution in [0, 0.1) is 0 Å². The van der Waals surface area contributed by atoms with Gasteiger partial charge >= 0.3 is 62.6 Å². The van der Waals surface area contributed by atoms with Crippen molar-refractivity contribution in [2.45, 2.75) is 11.4 Å². The van der Waals surface area contributed by atoms with E-state index in [0.717, 1.165) is 0 Å². The van der Waals surface area contributed by atoms with Gasteiger partial charge in [-0.15, -0.1) is 0 Å². The molecule has 0 radical (unpaired) electrons. The molecule has 0 saturated carbocycles. The molecule has 0 aromatic rings. The number of hydrogen-bond donors (Lipinski definition) is 0. The zero-order valence-electron chi connectivity index (χ0n) is 6.26. The van der Waals surface area contributed by atoms with E-state index in [1.165, 1.54) is 11.4 Å². The van der Waals surface area contributed by atoms with Gasteiger partial charge < -0.3 is 21.9 Å². The summed E-state index contributed by atoms with van der Waals surface area (Å²) < 4.78 is 19.4. The second kappa shape index (κ2) is 16.6. The molecule has 8 N–H and O–H groups in total. The first-order valence-electron chi connectivity index (χ1n) is 1.26. The van der Waals surface area contributed by atoms with Crippen LogP contribution in [0.15, 0.2) is 0 Å². The van der Waals surface area contributed by atoms with Crippen LogP contribution in [0.25, 0.3) is 0 Å². The van der Waals surface area contributed by atoms with Crippen LogP contribution >= 0.6 is 0 Å². The second-order valence-corrected chi connectivity index (χ2v) is 6.51. The Morgan fingerprint density at radius 2 is 1.00 bits per heavy atom. The predicted octanol–water partition coefficient (Wildman–Crippen LogP) is -6.82. The molecule has 0 atom stereocenters. The first kappa shape index (κ1) is 43.3. The van der Waals surface area contributed by atoms with E-state index in [4.69, 9.17) is 0 Å². The van der Waals surface area contributed by atoms with Gasteiger partial charge in [-0.2, -0.15) is 0 Å². The maximum Gasteiger partial charge on any atom is 1.00 e. The molecule has 64 valence electrons. The Labute approximate surface area is 84.2 Å². The Hall–Kier alpha value is 1.16. The number of rotatable bonds is 0. The molecule has 0 bridgehead atoms. The summed E-state index contributed by atoms with van der Waals surface area (Å²) in [6, 6.07) is 0. The van der Waals surface area contributed by atoms with Gasteiger partial charge in [-0.25, -0.2) is 0 Å². The van der Waals surface area contributed by atoms with Gasteiger partial charge in [0.15, 0.2) is 0 Å². The summed E-state index contributed by atoms with van der Waals surface area (Å²) in [5, 5.41) is 0. The van der Waals surface area contributed by atoms with E-state index in [1.54, 1.807) is 0 Å². The molecule has 0 aromatic heterocycles. The topological polar surface area (TPSA) is 166 Å². The van der Waals surface area contributed by atoms with Crippen molar-refractivity contribution >= 4 is 13.8 Å². The van der Waals surface area contributed by atoms with Crippen molar-refractivity contribution in [1.29, 1.82) is 0 Å². The van der Waals surface area contributed by atoms with Crippen molar-refractivity contribution in [2.75, 3.05) is 0 Å². The molecule has 6 nitrogen and oxygen atoms in total. The molecule has 0 aliphatic heterocycles. The van der Waals surface area contributed by atoms with E-state index < -0.39 is 13.8 Å². The largest absolute Gasteiger partial charge is 1.00 e.